The van der Waals surface area contributed by atoms with Gasteiger partial charge in [-0.1, -0.05) is 6.07 Å². The number of rotatable bonds is 2. The molecule has 1 nitrogen and oxygen atoms in total. The Morgan fingerprint density at radius 3 is 2.46 bits per heavy atom. The van der Waals surface area contributed by atoms with Crippen LogP contribution in [0, 0.1) is 12.7 Å². The molecular weight excluding hydrogens is 181 g/mol. The van der Waals surface area contributed by atoms with Gasteiger partial charge >= 0.3 is 6.43 Å². The maximum atomic E-state index is 12.9. The van der Waals surface area contributed by atoms with Crippen molar-refractivity contribution in [3.8, 4) is 0 Å². The van der Waals surface area contributed by atoms with Crippen molar-refractivity contribution in [2.45, 2.75) is 13.3 Å². The Kier molecular flexibility index (Phi) is 2.70. The van der Waals surface area contributed by atoms with Gasteiger partial charge in [0.2, 0.25) is 5.78 Å². The second kappa shape index (κ2) is 3.60. The van der Waals surface area contributed by atoms with Crippen LogP contribution in [0.25, 0.3) is 0 Å². The third-order valence-electron chi connectivity index (χ3n) is 1.59. The molecule has 0 spiro atoms. The molecular formula is C9H7F3O. The van der Waals surface area contributed by atoms with Gasteiger partial charge in [0, 0.05) is 0 Å². The Morgan fingerprint density at radius 2 is 2.00 bits per heavy atom. The highest BCUT2D eigenvalue weighted by Crippen LogP contribution is 2.13. The molecule has 1 rings (SSSR count). The predicted octanol–water partition coefficient (Wildman–Crippen LogP) is 2.58. The summed E-state index contributed by atoms with van der Waals surface area (Å²) >= 11 is 0. The highest BCUT2D eigenvalue weighted by atomic mass is 19.3. The lowest BCUT2D eigenvalue weighted by Crippen LogP contribution is -2.12. The van der Waals surface area contributed by atoms with Crippen LogP contribution in [0.3, 0.4) is 0 Å². The summed E-state index contributed by atoms with van der Waals surface area (Å²) in [5.41, 5.74) is 0.0314. The Labute approximate surface area is 73.2 Å². The first-order valence-electron chi connectivity index (χ1n) is 3.61. The van der Waals surface area contributed by atoms with E-state index in [2.05, 4.69) is 0 Å². The lowest BCUT2D eigenvalue weighted by atomic mass is 10.1. The first-order valence-corrected chi connectivity index (χ1v) is 3.61. The Hall–Kier alpha value is -1.32. The van der Waals surface area contributed by atoms with Crippen LogP contribution in [-0.4, -0.2) is 12.2 Å². The van der Waals surface area contributed by atoms with Crippen LogP contribution in [0.15, 0.2) is 18.2 Å². The minimum atomic E-state index is -3.16. The molecule has 1 aromatic carbocycles. The minimum Gasteiger partial charge on any atom is -0.288 e. The molecule has 13 heavy (non-hydrogen) atoms. The quantitative estimate of drug-likeness (QED) is 0.652. The number of hydrogen-bond acceptors (Lipinski definition) is 1. The fourth-order valence-corrected chi connectivity index (χ4v) is 0.938. The standard InChI is InChI=1S/C9H7F3O/c1-5-2-3-6(7(10)4-5)8(13)9(11)12/h2-4,9H,1H3. The first kappa shape index (κ1) is 9.77. The van der Waals surface area contributed by atoms with Crippen molar-refractivity contribution in [1.82, 2.24) is 0 Å². The van der Waals surface area contributed by atoms with Gasteiger partial charge in [0.25, 0.3) is 0 Å². The summed E-state index contributed by atoms with van der Waals surface area (Å²) in [4.78, 5) is 10.7. The minimum absolute atomic E-state index is 0.555. The highest BCUT2D eigenvalue weighted by molar-refractivity contribution is 5.98. The molecule has 0 aliphatic carbocycles. The number of halogens is 3. The fraction of sp³-hybridized carbons (Fsp3) is 0.222. The molecule has 0 saturated carbocycles. The Bertz CT molecular complexity index is 334. The van der Waals surface area contributed by atoms with Crippen LogP contribution in [0.4, 0.5) is 13.2 Å². The molecule has 4 heteroatoms. The molecule has 0 saturated heterocycles. The van der Waals surface area contributed by atoms with Crippen LogP contribution in [0.2, 0.25) is 0 Å². The van der Waals surface area contributed by atoms with Crippen LogP contribution in [-0.2, 0) is 0 Å². The summed E-state index contributed by atoms with van der Waals surface area (Å²) in [6, 6.07) is 3.54. The third-order valence-corrected chi connectivity index (χ3v) is 1.59. The number of carbonyl (C=O) groups excluding carboxylic acids is 1. The molecule has 70 valence electrons. The van der Waals surface area contributed by atoms with E-state index in [0.29, 0.717) is 5.56 Å². The summed E-state index contributed by atoms with van der Waals surface area (Å²) in [6.07, 6.45) is -3.16. The Balaban J connectivity index is 3.09. The Morgan fingerprint density at radius 1 is 1.38 bits per heavy atom. The third kappa shape index (κ3) is 2.08. The van der Waals surface area contributed by atoms with E-state index >= 15 is 0 Å². The van der Waals surface area contributed by atoms with E-state index in [-0.39, 0.29) is 0 Å². The molecule has 0 aromatic heterocycles. The highest BCUT2D eigenvalue weighted by Gasteiger charge is 2.20. The molecule has 0 N–H and O–H groups in total. The summed E-state index contributed by atoms with van der Waals surface area (Å²) in [7, 11) is 0. The van der Waals surface area contributed by atoms with Crippen molar-refractivity contribution in [2.24, 2.45) is 0 Å². The van der Waals surface area contributed by atoms with Gasteiger partial charge in [-0.2, -0.15) is 0 Å². The van der Waals surface area contributed by atoms with Crippen LogP contribution >= 0.6 is 0 Å². The fourth-order valence-electron chi connectivity index (χ4n) is 0.938. The van der Waals surface area contributed by atoms with Gasteiger partial charge in [0.1, 0.15) is 5.82 Å². The second-order valence-corrected chi connectivity index (χ2v) is 2.65. The van der Waals surface area contributed by atoms with E-state index in [1.165, 1.54) is 6.07 Å². The smallest absolute Gasteiger partial charge is 0.288 e. The number of carbonyl (C=O) groups is 1. The van der Waals surface area contributed by atoms with E-state index in [0.717, 1.165) is 12.1 Å². The number of Topliss-reactive ketones (excluding diaryl/α,β-unsaturated/α-hetero) is 1. The molecule has 0 atom stereocenters. The molecule has 1 aromatic rings. The van der Waals surface area contributed by atoms with Gasteiger partial charge in [-0.15, -0.1) is 0 Å². The van der Waals surface area contributed by atoms with Gasteiger partial charge in [0.05, 0.1) is 5.56 Å². The zero-order valence-corrected chi connectivity index (χ0v) is 6.85. The normalized spacial score (nSPS) is 10.5. The van der Waals surface area contributed by atoms with Crippen molar-refractivity contribution in [3.05, 3.63) is 35.1 Å². The van der Waals surface area contributed by atoms with Crippen LogP contribution in [0.1, 0.15) is 15.9 Å². The monoisotopic (exact) mass is 188 g/mol. The predicted molar refractivity (Wildman–Crippen MR) is 41.5 cm³/mol. The maximum Gasteiger partial charge on any atom is 0.300 e. The zero-order chi connectivity index (χ0) is 10.0. The molecule has 0 heterocycles. The van der Waals surface area contributed by atoms with Gasteiger partial charge in [-0.05, 0) is 24.6 Å². The largest absolute Gasteiger partial charge is 0.300 e. The summed E-state index contributed by atoms with van der Waals surface area (Å²) in [5.74, 6) is -2.37. The summed E-state index contributed by atoms with van der Waals surface area (Å²) < 4.78 is 36.7. The zero-order valence-electron chi connectivity index (χ0n) is 6.85. The van der Waals surface area contributed by atoms with Gasteiger partial charge < -0.3 is 0 Å². The molecule has 0 bridgehead atoms. The van der Waals surface area contributed by atoms with E-state index < -0.39 is 23.6 Å². The van der Waals surface area contributed by atoms with Crippen molar-refractivity contribution in [1.29, 1.82) is 0 Å². The molecule has 0 unspecified atom stereocenters. The van der Waals surface area contributed by atoms with E-state index in [1.54, 1.807) is 6.92 Å². The average Bonchev–Trinajstić information content (AvgIpc) is 2.03. The van der Waals surface area contributed by atoms with Crippen molar-refractivity contribution < 1.29 is 18.0 Å². The lowest BCUT2D eigenvalue weighted by molar-refractivity contribution is 0.0674. The van der Waals surface area contributed by atoms with Crippen molar-refractivity contribution >= 4 is 5.78 Å². The number of alkyl halides is 2. The number of hydrogen-bond donors (Lipinski definition) is 0. The van der Waals surface area contributed by atoms with E-state index in [4.69, 9.17) is 0 Å². The number of benzene rings is 1. The molecule has 0 aliphatic rings. The SMILES string of the molecule is Cc1ccc(C(=O)C(F)F)c(F)c1. The van der Waals surface area contributed by atoms with E-state index in [9.17, 15) is 18.0 Å². The van der Waals surface area contributed by atoms with Crippen molar-refractivity contribution in [2.75, 3.05) is 0 Å². The van der Waals surface area contributed by atoms with E-state index in [1.807, 2.05) is 0 Å². The summed E-state index contributed by atoms with van der Waals surface area (Å²) in [6.45, 7) is 1.61. The van der Waals surface area contributed by atoms with Crippen molar-refractivity contribution in [3.63, 3.8) is 0 Å². The topological polar surface area (TPSA) is 17.1 Å². The maximum absolute atomic E-state index is 12.9. The van der Waals surface area contributed by atoms with Gasteiger partial charge in [-0.3, -0.25) is 4.79 Å². The lowest BCUT2D eigenvalue weighted by Gasteiger charge is -2.01. The molecule has 0 fully saturated rings. The second-order valence-electron chi connectivity index (χ2n) is 2.65. The molecule has 0 radical (unpaired) electrons. The first-order chi connectivity index (χ1) is 6.02. The van der Waals surface area contributed by atoms with Gasteiger partial charge in [0.15, 0.2) is 0 Å². The molecule has 0 amide bonds. The summed E-state index contributed by atoms with van der Waals surface area (Å²) in [5, 5.41) is 0. The number of ketones is 1. The average molecular weight is 188 g/mol. The van der Waals surface area contributed by atoms with Crippen LogP contribution in [0.5, 0.6) is 0 Å². The number of aryl methyl sites for hydroxylation is 1. The van der Waals surface area contributed by atoms with Crippen LogP contribution < -0.4 is 0 Å². The molecule has 0 aliphatic heterocycles. The van der Waals surface area contributed by atoms with Gasteiger partial charge in [-0.25, -0.2) is 13.2 Å².